The predicted octanol–water partition coefficient (Wildman–Crippen LogP) is 2.43. The van der Waals surface area contributed by atoms with Crippen molar-refractivity contribution in [2.24, 2.45) is 0 Å². The first kappa shape index (κ1) is 25.9. The van der Waals surface area contributed by atoms with Gasteiger partial charge in [0.25, 0.3) is 0 Å². The van der Waals surface area contributed by atoms with E-state index >= 15 is 0 Å². The molecule has 190 valence electrons. The van der Waals surface area contributed by atoms with Crippen LogP contribution in [0.15, 0.2) is 59.5 Å². The molecule has 4 rings (SSSR count). The molecular formula is C24H26FN5O4S2. The molecule has 2 aromatic carbocycles. The quantitative estimate of drug-likeness (QED) is 0.196. The number of anilines is 2. The molecule has 5 N–H and O–H groups in total. The number of rotatable bonds is 10. The normalized spacial score (nSPS) is 14.2. The molecule has 12 heteroatoms. The molecule has 9 nitrogen and oxygen atoms in total. The van der Waals surface area contributed by atoms with E-state index < -0.39 is 20.4 Å². The molecular weight excluding hydrogens is 505 g/mol. The number of hydrogen-bond acceptors (Lipinski definition) is 8. The third kappa shape index (κ3) is 5.46. The van der Waals surface area contributed by atoms with Crippen LogP contribution in [-0.4, -0.2) is 60.0 Å². The van der Waals surface area contributed by atoms with Gasteiger partial charge in [-0.05, 0) is 73.6 Å². The predicted molar refractivity (Wildman–Crippen MR) is 139 cm³/mol. The van der Waals surface area contributed by atoms with Gasteiger partial charge in [-0.3, -0.25) is 0 Å². The highest BCUT2D eigenvalue weighted by Crippen LogP contribution is 2.55. The van der Waals surface area contributed by atoms with E-state index in [1.165, 1.54) is 12.1 Å². The Morgan fingerprint density at radius 3 is 2.28 bits per heavy atom. The second-order valence-corrected chi connectivity index (χ2v) is 10.9. The molecule has 1 fully saturated rings. The molecule has 1 aliphatic rings. The lowest BCUT2D eigenvalue weighted by atomic mass is 10.1. The maximum absolute atomic E-state index is 13.5. The summed E-state index contributed by atoms with van der Waals surface area (Å²) in [7, 11) is -3.84. The van der Waals surface area contributed by atoms with Gasteiger partial charge in [0.1, 0.15) is 16.4 Å². The third-order valence-electron chi connectivity index (χ3n) is 5.75. The number of halogens is 1. The smallest absolute Gasteiger partial charge is 0.189 e. The molecule has 1 aliphatic carbocycles. The van der Waals surface area contributed by atoms with Gasteiger partial charge in [-0.2, -0.15) is 0 Å². The summed E-state index contributed by atoms with van der Waals surface area (Å²) in [5.41, 5.74) is 1.70. The number of nitrogens with one attached hydrogen (secondary N) is 3. The molecule has 3 aromatic rings. The highest BCUT2D eigenvalue weighted by Gasteiger charge is 2.58. The fraction of sp³-hybridized carbons (Fsp3) is 0.292. The number of sulfone groups is 1. The molecule has 0 amide bonds. The Morgan fingerprint density at radius 1 is 1.00 bits per heavy atom. The number of nitrogens with zero attached hydrogens (tertiary/aromatic N) is 2. The summed E-state index contributed by atoms with van der Waals surface area (Å²) in [5, 5.41) is 27.4. The van der Waals surface area contributed by atoms with Crippen molar-refractivity contribution in [2.75, 3.05) is 36.9 Å². The van der Waals surface area contributed by atoms with Crippen LogP contribution in [0.4, 0.5) is 15.9 Å². The van der Waals surface area contributed by atoms with E-state index in [0.29, 0.717) is 53.1 Å². The number of aliphatic hydroxyl groups is 2. The van der Waals surface area contributed by atoms with Gasteiger partial charge in [0.15, 0.2) is 20.8 Å². The van der Waals surface area contributed by atoms with E-state index in [1.54, 1.807) is 30.3 Å². The first-order chi connectivity index (χ1) is 17.3. The van der Waals surface area contributed by atoms with E-state index in [9.17, 15) is 17.9 Å². The van der Waals surface area contributed by atoms with E-state index in [0.717, 1.165) is 12.1 Å². The molecule has 0 saturated heterocycles. The van der Waals surface area contributed by atoms with Gasteiger partial charge in [-0.25, -0.2) is 22.8 Å². The van der Waals surface area contributed by atoms with Crippen LogP contribution in [0.3, 0.4) is 0 Å². The fourth-order valence-electron chi connectivity index (χ4n) is 3.75. The lowest BCUT2D eigenvalue weighted by Gasteiger charge is -2.18. The van der Waals surface area contributed by atoms with Crippen LogP contribution in [0, 0.1) is 5.82 Å². The minimum absolute atomic E-state index is 0.0348. The maximum atomic E-state index is 13.5. The Morgan fingerprint density at radius 2 is 1.67 bits per heavy atom. The van der Waals surface area contributed by atoms with Crippen LogP contribution in [0.1, 0.15) is 18.5 Å². The molecule has 1 saturated carbocycles. The number of aliphatic hydroxyl groups excluding tert-OH is 2. The molecule has 36 heavy (non-hydrogen) atoms. The second-order valence-electron chi connectivity index (χ2n) is 8.25. The standard InChI is InChI=1S/C24H26FN5O4S2/c25-17-3-7-19(8-4-17)36(33,34)24(9-10-24)20-15-21(26-11-13-31)30-22(29-20)16-1-5-18(6-2-16)28-23(35)27-12-14-32/h1-8,15,31-32H,9-14H2,(H,26,29,30)(H2,27,28,35). The van der Waals surface area contributed by atoms with Crippen LogP contribution < -0.4 is 16.0 Å². The Bertz CT molecular complexity index is 1330. The van der Waals surface area contributed by atoms with Gasteiger partial charge >= 0.3 is 0 Å². The SMILES string of the molecule is O=S(=O)(c1ccc(F)cc1)C1(c2cc(NCCO)nc(-c3ccc(NC(=S)NCCO)cc3)n2)CC1. The van der Waals surface area contributed by atoms with Crippen LogP contribution >= 0.6 is 12.2 Å². The van der Waals surface area contributed by atoms with Crippen molar-refractivity contribution in [2.45, 2.75) is 22.5 Å². The van der Waals surface area contributed by atoms with Gasteiger partial charge < -0.3 is 26.2 Å². The molecule has 0 radical (unpaired) electrons. The zero-order valence-electron chi connectivity index (χ0n) is 19.2. The minimum atomic E-state index is -3.84. The van der Waals surface area contributed by atoms with Crippen molar-refractivity contribution >= 4 is 38.7 Å². The molecule has 0 atom stereocenters. The van der Waals surface area contributed by atoms with Gasteiger partial charge in [0.05, 0.1) is 23.8 Å². The highest BCUT2D eigenvalue weighted by molar-refractivity contribution is 7.92. The highest BCUT2D eigenvalue weighted by atomic mass is 32.2. The van der Waals surface area contributed by atoms with Crippen molar-refractivity contribution in [3.8, 4) is 11.4 Å². The summed E-state index contributed by atoms with van der Waals surface area (Å²) in [6.07, 6.45) is 0.757. The van der Waals surface area contributed by atoms with Crippen molar-refractivity contribution in [3.05, 3.63) is 66.1 Å². The average molecular weight is 532 g/mol. The average Bonchev–Trinajstić information content (AvgIpc) is 3.70. The summed E-state index contributed by atoms with van der Waals surface area (Å²) < 4.78 is 39.3. The Hall–Kier alpha value is -3.19. The van der Waals surface area contributed by atoms with Crippen molar-refractivity contribution < 1.29 is 23.0 Å². The lowest BCUT2D eigenvalue weighted by Crippen LogP contribution is -2.30. The minimum Gasteiger partial charge on any atom is -0.395 e. The van der Waals surface area contributed by atoms with Gasteiger partial charge in [-0.1, -0.05) is 0 Å². The summed E-state index contributed by atoms with van der Waals surface area (Å²) in [6, 6.07) is 13.5. The summed E-state index contributed by atoms with van der Waals surface area (Å²) in [6.45, 7) is 0.392. The Kier molecular flexibility index (Phi) is 7.79. The number of thiocarbonyl (C=S) groups is 1. The lowest BCUT2D eigenvalue weighted by molar-refractivity contribution is 0.300. The molecule has 0 unspecified atom stereocenters. The van der Waals surface area contributed by atoms with E-state index in [2.05, 4.69) is 25.9 Å². The zero-order chi connectivity index (χ0) is 25.8. The van der Waals surface area contributed by atoms with Crippen LogP contribution in [0.25, 0.3) is 11.4 Å². The fourth-order valence-corrected chi connectivity index (χ4v) is 5.93. The van der Waals surface area contributed by atoms with Crippen LogP contribution in [-0.2, 0) is 14.6 Å². The number of benzene rings is 2. The largest absolute Gasteiger partial charge is 0.395 e. The Balaban J connectivity index is 1.68. The van der Waals surface area contributed by atoms with Crippen LogP contribution in [0.5, 0.6) is 0 Å². The molecule has 1 heterocycles. The maximum Gasteiger partial charge on any atom is 0.189 e. The monoisotopic (exact) mass is 531 g/mol. The third-order valence-corrected chi connectivity index (χ3v) is 8.54. The van der Waals surface area contributed by atoms with Crippen molar-refractivity contribution in [3.63, 3.8) is 0 Å². The first-order valence-corrected chi connectivity index (χ1v) is 13.2. The van der Waals surface area contributed by atoms with Gasteiger partial charge in [0.2, 0.25) is 0 Å². The van der Waals surface area contributed by atoms with E-state index in [1.807, 2.05) is 0 Å². The summed E-state index contributed by atoms with van der Waals surface area (Å²) in [5.74, 6) is 0.198. The van der Waals surface area contributed by atoms with Gasteiger partial charge in [-0.15, -0.1) is 0 Å². The molecule has 1 aromatic heterocycles. The molecule has 0 spiro atoms. The topological polar surface area (TPSA) is 136 Å². The summed E-state index contributed by atoms with van der Waals surface area (Å²) >= 11 is 5.17. The molecule has 0 bridgehead atoms. The first-order valence-electron chi connectivity index (χ1n) is 11.3. The van der Waals surface area contributed by atoms with Gasteiger partial charge in [0, 0.05) is 30.4 Å². The van der Waals surface area contributed by atoms with Crippen molar-refractivity contribution in [1.82, 2.24) is 15.3 Å². The zero-order valence-corrected chi connectivity index (χ0v) is 20.9. The van der Waals surface area contributed by atoms with Crippen molar-refractivity contribution in [1.29, 1.82) is 0 Å². The number of hydrogen-bond donors (Lipinski definition) is 5. The number of aromatic nitrogens is 2. The molecule has 0 aliphatic heterocycles. The van der Waals surface area contributed by atoms with Crippen LogP contribution in [0.2, 0.25) is 0 Å². The second kappa shape index (κ2) is 10.8. The van der Waals surface area contributed by atoms with E-state index in [-0.39, 0.29) is 24.7 Å². The Labute approximate surface area is 213 Å². The van der Waals surface area contributed by atoms with E-state index in [4.69, 9.17) is 17.3 Å². The summed E-state index contributed by atoms with van der Waals surface area (Å²) in [4.78, 5) is 9.18.